The van der Waals surface area contributed by atoms with Gasteiger partial charge in [-0.2, -0.15) is 0 Å². The van der Waals surface area contributed by atoms with E-state index < -0.39 is 0 Å². The first-order valence-electron chi connectivity index (χ1n) is 2.43. The van der Waals surface area contributed by atoms with E-state index in [2.05, 4.69) is 9.97 Å². The normalized spacial score (nSPS) is 5.75. The van der Waals surface area contributed by atoms with Crippen LogP contribution in [0.5, 0.6) is 0 Å². The fourth-order valence-corrected chi connectivity index (χ4v) is 0.215. The van der Waals surface area contributed by atoms with Crippen molar-refractivity contribution in [1.29, 1.82) is 0 Å². The maximum Gasteiger partial charge on any atom is 0.0919 e. The summed E-state index contributed by atoms with van der Waals surface area (Å²) < 4.78 is 0. The molecule has 0 aliphatic heterocycles. The third-order valence-corrected chi connectivity index (χ3v) is 0.406. The minimum absolute atomic E-state index is 0. The van der Waals surface area contributed by atoms with Gasteiger partial charge in [-0.1, -0.05) is 13.8 Å². The quantitative estimate of drug-likeness (QED) is 0.577. The van der Waals surface area contributed by atoms with Gasteiger partial charge in [0.15, 0.2) is 0 Å². The smallest absolute Gasteiger partial charge is 0.0919 e. The van der Waals surface area contributed by atoms with E-state index in [1.54, 1.807) is 18.7 Å². The van der Waals surface area contributed by atoms with Crippen molar-refractivity contribution in [2.24, 2.45) is 0 Å². The van der Waals surface area contributed by atoms with Gasteiger partial charge in [0.2, 0.25) is 0 Å². The van der Waals surface area contributed by atoms with E-state index in [0.717, 1.165) is 0 Å². The number of H-pyrrole nitrogens is 1. The number of imidazole rings is 1. The molecule has 0 aliphatic carbocycles. The highest BCUT2D eigenvalue weighted by molar-refractivity contribution is 5.85. The molecule has 8 heavy (non-hydrogen) atoms. The Kier molecular flexibility index (Phi) is 12.7. The molecular formula is C5H11ClN2. The SMILES string of the molecule is CC.Cl.c1c[nH]cn1. The monoisotopic (exact) mass is 134 g/mol. The van der Waals surface area contributed by atoms with Crippen molar-refractivity contribution in [1.82, 2.24) is 9.97 Å². The summed E-state index contributed by atoms with van der Waals surface area (Å²) in [7, 11) is 0. The topological polar surface area (TPSA) is 28.7 Å². The Morgan fingerprint density at radius 1 is 1.38 bits per heavy atom. The lowest BCUT2D eigenvalue weighted by atomic mass is 11.0. The highest BCUT2D eigenvalue weighted by Gasteiger charge is 1.56. The number of aromatic nitrogens is 2. The second-order valence-corrected chi connectivity index (χ2v) is 0.761. The number of nitrogens with zero attached hydrogens (tertiary/aromatic N) is 1. The summed E-state index contributed by atoms with van der Waals surface area (Å²) in [4.78, 5) is 6.42. The van der Waals surface area contributed by atoms with Gasteiger partial charge >= 0.3 is 0 Å². The second-order valence-electron chi connectivity index (χ2n) is 0.761. The van der Waals surface area contributed by atoms with E-state index in [-0.39, 0.29) is 12.4 Å². The van der Waals surface area contributed by atoms with Gasteiger partial charge in [-0.25, -0.2) is 4.98 Å². The average molecular weight is 135 g/mol. The van der Waals surface area contributed by atoms with Gasteiger partial charge in [-0.3, -0.25) is 0 Å². The van der Waals surface area contributed by atoms with Crippen LogP contribution in [0.3, 0.4) is 0 Å². The standard InChI is InChI=1S/C3H4N2.C2H6.ClH/c1-2-5-3-4-1;1-2;/h1-3H,(H,4,5);1-2H3;1H. The van der Waals surface area contributed by atoms with Gasteiger partial charge in [-0.15, -0.1) is 12.4 Å². The molecule has 0 saturated heterocycles. The van der Waals surface area contributed by atoms with Crippen molar-refractivity contribution < 1.29 is 0 Å². The lowest BCUT2D eigenvalue weighted by molar-refractivity contribution is 1.31. The van der Waals surface area contributed by atoms with Gasteiger partial charge in [-0.05, 0) is 0 Å². The fourth-order valence-electron chi connectivity index (χ4n) is 0.215. The van der Waals surface area contributed by atoms with Gasteiger partial charge in [0.05, 0.1) is 6.33 Å². The maximum atomic E-state index is 3.67. The zero-order valence-corrected chi connectivity index (χ0v) is 5.90. The molecule has 2 nitrogen and oxygen atoms in total. The molecule has 0 fully saturated rings. The molecule has 48 valence electrons. The molecule has 0 saturated carbocycles. The molecule has 1 aromatic heterocycles. The van der Waals surface area contributed by atoms with Crippen molar-refractivity contribution in [2.45, 2.75) is 13.8 Å². The predicted molar refractivity (Wildman–Crippen MR) is 37.2 cm³/mol. The molecule has 1 N–H and O–H groups in total. The maximum absolute atomic E-state index is 3.67. The van der Waals surface area contributed by atoms with E-state index >= 15 is 0 Å². The summed E-state index contributed by atoms with van der Waals surface area (Å²) >= 11 is 0. The van der Waals surface area contributed by atoms with E-state index in [1.807, 2.05) is 13.8 Å². The molecule has 0 spiro atoms. The molecule has 3 heteroatoms. The Hall–Kier alpha value is -0.500. The highest BCUT2D eigenvalue weighted by Crippen LogP contribution is 1.62. The Bertz CT molecular complexity index is 66.9. The molecule has 0 radical (unpaired) electrons. The molecular weight excluding hydrogens is 124 g/mol. The first-order chi connectivity index (χ1) is 3.50. The van der Waals surface area contributed by atoms with Crippen LogP contribution in [-0.2, 0) is 0 Å². The van der Waals surface area contributed by atoms with Crippen LogP contribution in [0.15, 0.2) is 18.7 Å². The number of aromatic amines is 1. The molecule has 0 atom stereocenters. The first kappa shape index (κ1) is 10.5. The second kappa shape index (κ2) is 9.71. The van der Waals surface area contributed by atoms with Crippen LogP contribution in [0.4, 0.5) is 0 Å². The fraction of sp³-hybridized carbons (Fsp3) is 0.400. The number of hydrogen-bond donors (Lipinski definition) is 1. The first-order valence-corrected chi connectivity index (χ1v) is 2.43. The van der Waals surface area contributed by atoms with E-state index in [9.17, 15) is 0 Å². The Balaban J connectivity index is 0. The highest BCUT2D eigenvalue weighted by atomic mass is 35.5. The summed E-state index contributed by atoms with van der Waals surface area (Å²) in [6.07, 6.45) is 5.08. The minimum atomic E-state index is 0. The van der Waals surface area contributed by atoms with Gasteiger partial charge in [0.1, 0.15) is 0 Å². The summed E-state index contributed by atoms with van der Waals surface area (Å²) in [5, 5.41) is 0. The number of rotatable bonds is 0. The van der Waals surface area contributed by atoms with Gasteiger partial charge in [0, 0.05) is 12.4 Å². The van der Waals surface area contributed by atoms with Crippen LogP contribution in [-0.4, -0.2) is 9.97 Å². The number of halogens is 1. The molecule has 0 unspecified atom stereocenters. The number of nitrogens with one attached hydrogen (secondary N) is 1. The zero-order valence-electron chi connectivity index (χ0n) is 5.09. The van der Waals surface area contributed by atoms with Crippen molar-refractivity contribution >= 4 is 12.4 Å². The third-order valence-electron chi connectivity index (χ3n) is 0.406. The van der Waals surface area contributed by atoms with Crippen LogP contribution in [0.25, 0.3) is 0 Å². The molecule has 1 heterocycles. The molecule has 0 amide bonds. The van der Waals surface area contributed by atoms with E-state index in [0.29, 0.717) is 0 Å². The zero-order chi connectivity index (χ0) is 5.54. The molecule has 1 rings (SSSR count). The van der Waals surface area contributed by atoms with Crippen LogP contribution in [0.2, 0.25) is 0 Å². The third kappa shape index (κ3) is 5.50. The summed E-state index contributed by atoms with van der Waals surface area (Å²) in [5.41, 5.74) is 0. The Morgan fingerprint density at radius 3 is 2.12 bits per heavy atom. The molecule has 0 aromatic carbocycles. The van der Waals surface area contributed by atoms with Crippen LogP contribution < -0.4 is 0 Å². The van der Waals surface area contributed by atoms with Crippen molar-refractivity contribution in [2.75, 3.05) is 0 Å². The number of hydrogen-bond acceptors (Lipinski definition) is 1. The van der Waals surface area contributed by atoms with E-state index in [4.69, 9.17) is 0 Å². The van der Waals surface area contributed by atoms with Crippen LogP contribution in [0.1, 0.15) is 13.8 Å². The Morgan fingerprint density at radius 2 is 2.00 bits per heavy atom. The minimum Gasteiger partial charge on any atom is -0.351 e. The molecule has 0 bridgehead atoms. The largest absolute Gasteiger partial charge is 0.351 e. The van der Waals surface area contributed by atoms with Crippen molar-refractivity contribution in [3.8, 4) is 0 Å². The van der Waals surface area contributed by atoms with Gasteiger partial charge < -0.3 is 4.98 Å². The van der Waals surface area contributed by atoms with Crippen LogP contribution >= 0.6 is 12.4 Å². The van der Waals surface area contributed by atoms with Gasteiger partial charge in [0.25, 0.3) is 0 Å². The lowest BCUT2D eigenvalue weighted by Crippen LogP contribution is -1.44. The molecule has 0 aliphatic rings. The predicted octanol–water partition coefficient (Wildman–Crippen LogP) is 1.86. The Labute approximate surface area is 55.7 Å². The average Bonchev–Trinajstić information content (AvgIpc) is 2.23. The lowest BCUT2D eigenvalue weighted by Gasteiger charge is -1.46. The summed E-state index contributed by atoms with van der Waals surface area (Å²) in [5.74, 6) is 0. The van der Waals surface area contributed by atoms with Crippen molar-refractivity contribution in [3.63, 3.8) is 0 Å². The van der Waals surface area contributed by atoms with Crippen LogP contribution in [0, 0.1) is 0 Å². The summed E-state index contributed by atoms with van der Waals surface area (Å²) in [6.45, 7) is 4.00. The summed E-state index contributed by atoms with van der Waals surface area (Å²) in [6, 6.07) is 0. The van der Waals surface area contributed by atoms with Crippen molar-refractivity contribution in [3.05, 3.63) is 18.7 Å². The van der Waals surface area contributed by atoms with E-state index in [1.165, 1.54) is 0 Å². The molecule has 1 aromatic rings.